The topological polar surface area (TPSA) is 79.1 Å². The molecular weight excluding hydrogens is 343 g/mol. The molecule has 0 saturated carbocycles. The fourth-order valence-corrected chi connectivity index (χ4v) is 3.74. The van der Waals surface area contributed by atoms with Crippen LogP contribution >= 0.6 is 20.0 Å². The van der Waals surface area contributed by atoms with Gasteiger partial charge in [0, 0.05) is 6.20 Å². The largest absolute Gasteiger partial charge is 0.461 e. The minimum absolute atomic E-state index is 0. The number of carbonyl (C=O) groups is 1. The average Bonchev–Trinajstić information content (AvgIpc) is 2.91. The number of pyridine rings is 1. The first-order chi connectivity index (χ1) is 10.6. The van der Waals surface area contributed by atoms with Crippen LogP contribution in [0.3, 0.4) is 0 Å². The number of rotatable bonds is 7. The molecular formula is C14H20ClN2O5P. The van der Waals surface area contributed by atoms with Crippen LogP contribution in [-0.4, -0.2) is 35.2 Å². The molecule has 2 aromatic rings. The normalized spacial score (nSPS) is 11.3. The molecule has 0 bridgehead atoms. The van der Waals surface area contributed by atoms with E-state index in [1.807, 2.05) is 0 Å². The zero-order valence-electron chi connectivity index (χ0n) is 13.2. The summed E-state index contributed by atoms with van der Waals surface area (Å²) >= 11 is 0. The lowest BCUT2D eigenvalue weighted by Gasteiger charge is -2.18. The first kappa shape index (κ1) is 19.6. The van der Waals surface area contributed by atoms with Crippen molar-refractivity contribution < 1.29 is 23.1 Å². The number of esters is 1. The highest BCUT2D eigenvalue weighted by Crippen LogP contribution is 2.46. The Labute approximate surface area is 140 Å². The SMILES string of the molecule is CCOC(=O)c1cn2c(P(=O)(OCC)OCC)cccc2n1.Cl. The lowest BCUT2D eigenvalue weighted by Crippen LogP contribution is -2.18. The number of aromatic nitrogens is 2. The van der Waals surface area contributed by atoms with Crippen molar-refractivity contribution in [3.63, 3.8) is 0 Å². The molecule has 0 atom stereocenters. The maximum Gasteiger partial charge on any atom is 0.377 e. The van der Waals surface area contributed by atoms with E-state index in [0.717, 1.165) is 0 Å². The van der Waals surface area contributed by atoms with Gasteiger partial charge in [0.15, 0.2) is 5.69 Å². The van der Waals surface area contributed by atoms with Crippen molar-refractivity contribution in [2.24, 2.45) is 0 Å². The summed E-state index contributed by atoms with van der Waals surface area (Å²) < 4.78 is 30.1. The highest BCUT2D eigenvalue weighted by atomic mass is 35.5. The van der Waals surface area contributed by atoms with Crippen LogP contribution in [0.25, 0.3) is 5.65 Å². The van der Waals surface area contributed by atoms with Gasteiger partial charge in [-0.25, -0.2) is 9.78 Å². The van der Waals surface area contributed by atoms with Gasteiger partial charge in [0.1, 0.15) is 11.1 Å². The second kappa shape index (κ2) is 8.45. The van der Waals surface area contributed by atoms with Crippen LogP contribution in [0.4, 0.5) is 0 Å². The number of imidazole rings is 1. The van der Waals surface area contributed by atoms with Gasteiger partial charge < -0.3 is 13.8 Å². The molecule has 0 unspecified atom stereocenters. The van der Waals surface area contributed by atoms with Crippen LogP contribution in [0.15, 0.2) is 24.4 Å². The van der Waals surface area contributed by atoms with Gasteiger partial charge >= 0.3 is 13.6 Å². The first-order valence-corrected chi connectivity index (χ1v) is 8.64. The van der Waals surface area contributed by atoms with Crippen LogP contribution in [0.2, 0.25) is 0 Å². The summed E-state index contributed by atoms with van der Waals surface area (Å²) in [6.07, 6.45) is 1.48. The number of carbonyl (C=O) groups excluding carboxylic acids is 1. The van der Waals surface area contributed by atoms with Crippen LogP contribution in [0, 0.1) is 0 Å². The summed E-state index contributed by atoms with van der Waals surface area (Å²) in [4.78, 5) is 16.0. The molecule has 0 radical (unpaired) electrons. The predicted molar refractivity (Wildman–Crippen MR) is 88.9 cm³/mol. The predicted octanol–water partition coefficient (Wildman–Crippen LogP) is 2.82. The fourth-order valence-electron chi connectivity index (χ4n) is 2.03. The van der Waals surface area contributed by atoms with Gasteiger partial charge in [0.2, 0.25) is 0 Å². The third kappa shape index (κ3) is 4.12. The maximum absolute atomic E-state index is 12.9. The van der Waals surface area contributed by atoms with Crippen molar-refractivity contribution in [2.45, 2.75) is 20.8 Å². The second-order valence-corrected chi connectivity index (χ2v) is 6.26. The minimum Gasteiger partial charge on any atom is -0.461 e. The number of halogens is 1. The molecule has 0 saturated heterocycles. The van der Waals surface area contributed by atoms with Crippen molar-refractivity contribution >= 4 is 37.1 Å². The molecule has 9 heteroatoms. The van der Waals surface area contributed by atoms with Gasteiger partial charge in [-0.15, -0.1) is 12.4 Å². The molecule has 0 aromatic carbocycles. The Kier molecular flexibility index (Phi) is 7.22. The van der Waals surface area contributed by atoms with Crippen LogP contribution in [0.1, 0.15) is 31.3 Å². The molecule has 0 aliphatic carbocycles. The van der Waals surface area contributed by atoms with Gasteiger partial charge in [0.05, 0.1) is 19.8 Å². The van der Waals surface area contributed by atoms with E-state index >= 15 is 0 Å². The summed E-state index contributed by atoms with van der Waals surface area (Å²) in [5, 5.41) is 0. The summed E-state index contributed by atoms with van der Waals surface area (Å²) in [5.74, 6) is -0.528. The smallest absolute Gasteiger partial charge is 0.377 e. The Morgan fingerprint density at radius 3 is 2.39 bits per heavy atom. The van der Waals surface area contributed by atoms with E-state index in [4.69, 9.17) is 13.8 Å². The first-order valence-electron chi connectivity index (χ1n) is 7.10. The highest BCUT2D eigenvalue weighted by Gasteiger charge is 2.30. The minimum atomic E-state index is -3.48. The van der Waals surface area contributed by atoms with Gasteiger partial charge in [-0.05, 0) is 32.9 Å². The van der Waals surface area contributed by atoms with E-state index in [0.29, 0.717) is 11.1 Å². The molecule has 0 spiro atoms. The zero-order chi connectivity index (χ0) is 16.2. The van der Waals surface area contributed by atoms with Gasteiger partial charge in [-0.3, -0.25) is 8.97 Å². The Morgan fingerprint density at radius 1 is 1.17 bits per heavy atom. The molecule has 0 aliphatic heterocycles. The van der Waals surface area contributed by atoms with Gasteiger partial charge in [-0.2, -0.15) is 0 Å². The van der Waals surface area contributed by atoms with E-state index in [2.05, 4.69) is 4.98 Å². The third-order valence-corrected chi connectivity index (χ3v) is 4.96. The molecule has 2 heterocycles. The number of fused-ring (bicyclic) bond motifs is 1. The molecule has 7 nitrogen and oxygen atoms in total. The van der Waals surface area contributed by atoms with Crippen LogP contribution < -0.4 is 5.44 Å². The fraction of sp³-hybridized carbons (Fsp3) is 0.429. The Hall–Kier alpha value is -1.40. The van der Waals surface area contributed by atoms with Crippen molar-refractivity contribution in [2.75, 3.05) is 19.8 Å². The molecule has 0 amide bonds. The molecule has 0 N–H and O–H groups in total. The molecule has 128 valence electrons. The summed E-state index contributed by atoms with van der Waals surface area (Å²) in [5.41, 5.74) is 0.950. The molecule has 2 aromatic heterocycles. The monoisotopic (exact) mass is 362 g/mol. The lowest BCUT2D eigenvalue weighted by atomic mass is 10.5. The molecule has 0 fully saturated rings. The summed E-state index contributed by atoms with van der Waals surface area (Å²) in [6, 6.07) is 5.03. The average molecular weight is 363 g/mol. The molecule has 0 aliphatic rings. The van der Waals surface area contributed by atoms with Crippen molar-refractivity contribution in [3.8, 4) is 0 Å². The second-order valence-electron chi connectivity index (χ2n) is 4.29. The zero-order valence-corrected chi connectivity index (χ0v) is 14.9. The maximum atomic E-state index is 12.9. The number of hydrogen-bond donors (Lipinski definition) is 0. The van der Waals surface area contributed by atoms with E-state index in [1.54, 1.807) is 43.4 Å². The van der Waals surface area contributed by atoms with E-state index in [-0.39, 0.29) is 37.9 Å². The van der Waals surface area contributed by atoms with E-state index < -0.39 is 13.6 Å². The quantitative estimate of drug-likeness (QED) is 0.556. The lowest BCUT2D eigenvalue weighted by molar-refractivity contribution is 0.0520. The molecule has 23 heavy (non-hydrogen) atoms. The van der Waals surface area contributed by atoms with E-state index in [1.165, 1.54) is 6.20 Å². The standard InChI is InChI=1S/C14H19N2O5P.ClH/c1-4-19-14(17)11-10-16-12(15-11)8-7-9-13(16)22(18,20-5-2)21-6-3;/h7-10H,4-6H2,1-3H3;1H. The highest BCUT2D eigenvalue weighted by molar-refractivity contribution is 7.62. The Bertz CT molecular complexity index is 708. The van der Waals surface area contributed by atoms with Crippen LogP contribution in [0.5, 0.6) is 0 Å². The number of ether oxygens (including phenoxy) is 1. The Morgan fingerprint density at radius 2 is 1.83 bits per heavy atom. The number of hydrogen-bond acceptors (Lipinski definition) is 6. The Balaban J connectivity index is 0.00000264. The van der Waals surface area contributed by atoms with E-state index in [9.17, 15) is 9.36 Å². The van der Waals surface area contributed by atoms with Gasteiger partial charge in [-0.1, -0.05) is 6.07 Å². The summed E-state index contributed by atoms with van der Waals surface area (Å²) in [6.45, 7) is 5.95. The van der Waals surface area contributed by atoms with Crippen molar-refractivity contribution in [1.29, 1.82) is 0 Å². The van der Waals surface area contributed by atoms with Crippen molar-refractivity contribution in [1.82, 2.24) is 9.38 Å². The summed E-state index contributed by atoms with van der Waals surface area (Å²) in [7, 11) is -3.48. The van der Waals surface area contributed by atoms with Crippen LogP contribution in [-0.2, 0) is 18.3 Å². The molecule has 2 rings (SSSR count). The third-order valence-electron chi connectivity index (χ3n) is 2.83. The van der Waals surface area contributed by atoms with Crippen molar-refractivity contribution in [3.05, 3.63) is 30.1 Å². The van der Waals surface area contributed by atoms with Gasteiger partial charge in [0.25, 0.3) is 0 Å². The number of nitrogens with zero attached hydrogens (tertiary/aromatic N) is 2.